The lowest BCUT2D eigenvalue weighted by Crippen LogP contribution is -2.14. The van der Waals surface area contributed by atoms with E-state index in [0.717, 1.165) is 14.6 Å². The van der Waals surface area contributed by atoms with Gasteiger partial charge in [-0.05, 0) is 83.3 Å². The Hall–Kier alpha value is -3.44. The van der Waals surface area contributed by atoms with Gasteiger partial charge in [0.1, 0.15) is 11.4 Å². The second kappa shape index (κ2) is 10.0. The molecule has 1 amide bonds. The van der Waals surface area contributed by atoms with E-state index in [0.29, 0.717) is 27.7 Å². The number of imidazole rings is 1. The van der Waals surface area contributed by atoms with Gasteiger partial charge in [-0.2, -0.15) is 0 Å². The molecular formula is C26H17FIN3O3S. The van der Waals surface area contributed by atoms with Crippen molar-refractivity contribution in [2.75, 3.05) is 11.1 Å². The third-order valence-electron chi connectivity index (χ3n) is 5.16. The zero-order chi connectivity index (χ0) is 24.4. The van der Waals surface area contributed by atoms with Crippen molar-refractivity contribution in [1.82, 2.24) is 9.55 Å². The first-order chi connectivity index (χ1) is 17.0. The van der Waals surface area contributed by atoms with Crippen LogP contribution in [-0.2, 0) is 4.79 Å². The number of thioether (sulfide) groups is 1. The predicted octanol–water partition coefficient (Wildman–Crippen LogP) is 6.12. The molecule has 2 heterocycles. The van der Waals surface area contributed by atoms with Gasteiger partial charge in [-0.25, -0.2) is 14.2 Å². The fourth-order valence-electron chi connectivity index (χ4n) is 3.48. The van der Waals surface area contributed by atoms with Crippen molar-refractivity contribution < 1.29 is 13.6 Å². The molecule has 6 nitrogen and oxygen atoms in total. The Morgan fingerprint density at radius 1 is 1.06 bits per heavy atom. The second-order valence-electron chi connectivity index (χ2n) is 7.58. The van der Waals surface area contributed by atoms with E-state index in [2.05, 4.69) is 32.9 Å². The van der Waals surface area contributed by atoms with Gasteiger partial charge in [0.25, 0.3) is 0 Å². The number of carbonyl (C=O) groups excluding carboxylic acids is 1. The Bertz CT molecular complexity index is 1580. The summed E-state index contributed by atoms with van der Waals surface area (Å²) in [6.07, 6.45) is 1.77. The maximum absolute atomic E-state index is 13.1. The Labute approximate surface area is 217 Å². The predicted molar refractivity (Wildman–Crippen MR) is 144 cm³/mol. The highest BCUT2D eigenvalue weighted by Gasteiger charge is 2.17. The molecule has 174 valence electrons. The molecule has 35 heavy (non-hydrogen) atoms. The Balaban J connectivity index is 1.47. The molecule has 1 N–H and O–H groups in total. The van der Waals surface area contributed by atoms with Crippen LogP contribution >= 0.6 is 34.4 Å². The molecular weight excluding hydrogens is 580 g/mol. The van der Waals surface area contributed by atoms with E-state index in [1.54, 1.807) is 18.3 Å². The van der Waals surface area contributed by atoms with E-state index in [1.165, 1.54) is 36.0 Å². The number of rotatable bonds is 6. The molecule has 0 aliphatic carbocycles. The van der Waals surface area contributed by atoms with Crippen LogP contribution in [0.25, 0.3) is 27.9 Å². The minimum Gasteiger partial charge on any atom is -0.422 e. The first kappa shape index (κ1) is 23.3. The standard InChI is InChI=1S/C26H17FIN3O3S/c27-17-5-9-19(10-6-17)29-24(32)15-35-26-30-22(14-31(26)20-11-7-18(28)8-12-20)21-13-16-3-1-2-4-23(16)34-25(21)33/h1-14H,15H2,(H,29,32). The van der Waals surface area contributed by atoms with Gasteiger partial charge in [-0.1, -0.05) is 30.0 Å². The van der Waals surface area contributed by atoms with Crippen molar-refractivity contribution >= 4 is 56.9 Å². The molecule has 0 atom stereocenters. The third kappa shape index (κ3) is 5.30. The van der Waals surface area contributed by atoms with Crippen molar-refractivity contribution in [3.63, 3.8) is 0 Å². The molecule has 0 aliphatic heterocycles. The number of aromatic nitrogens is 2. The maximum Gasteiger partial charge on any atom is 0.345 e. The van der Waals surface area contributed by atoms with Crippen molar-refractivity contribution in [3.8, 4) is 16.9 Å². The van der Waals surface area contributed by atoms with E-state index >= 15 is 0 Å². The summed E-state index contributed by atoms with van der Waals surface area (Å²) in [7, 11) is 0. The molecule has 0 saturated carbocycles. The van der Waals surface area contributed by atoms with Gasteiger partial charge in [-0.15, -0.1) is 0 Å². The second-order valence-corrected chi connectivity index (χ2v) is 9.77. The number of fused-ring (bicyclic) bond motifs is 1. The smallest absolute Gasteiger partial charge is 0.345 e. The molecule has 2 aromatic heterocycles. The number of hydrogen-bond acceptors (Lipinski definition) is 5. The van der Waals surface area contributed by atoms with Crippen molar-refractivity contribution in [2.24, 2.45) is 0 Å². The molecule has 0 unspecified atom stereocenters. The highest BCUT2D eigenvalue weighted by atomic mass is 127. The molecule has 0 fully saturated rings. The lowest BCUT2D eigenvalue weighted by molar-refractivity contribution is -0.113. The van der Waals surface area contributed by atoms with Crippen LogP contribution in [-0.4, -0.2) is 21.2 Å². The van der Waals surface area contributed by atoms with E-state index in [4.69, 9.17) is 4.42 Å². The largest absolute Gasteiger partial charge is 0.422 e. The Morgan fingerprint density at radius 2 is 1.80 bits per heavy atom. The molecule has 3 aromatic carbocycles. The van der Waals surface area contributed by atoms with Crippen molar-refractivity contribution in [1.29, 1.82) is 0 Å². The van der Waals surface area contributed by atoms with Crippen LogP contribution in [0.3, 0.4) is 0 Å². The number of carbonyl (C=O) groups is 1. The first-order valence-corrected chi connectivity index (χ1v) is 12.6. The number of halogens is 2. The minimum absolute atomic E-state index is 0.0739. The maximum atomic E-state index is 13.1. The van der Waals surface area contributed by atoms with Crippen LogP contribution in [0.1, 0.15) is 0 Å². The van der Waals surface area contributed by atoms with Crippen molar-refractivity contribution in [2.45, 2.75) is 5.16 Å². The number of benzene rings is 3. The number of amides is 1. The van der Waals surface area contributed by atoms with Crippen LogP contribution in [0.15, 0.2) is 99.4 Å². The molecule has 0 spiro atoms. The summed E-state index contributed by atoms with van der Waals surface area (Å²) in [5.74, 6) is -0.557. The van der Waals surface area contributed by atoms with Gasteiger partial charge in [0.2, 0.25) is 5.91 Å². The van der Waals surface area contributed by atoms with E-state index < -0.39 is 5.63 Å². The van der Waals surface area contributed by atoms with Gasteiger partial charge in [0.15, 0.2) is 5.16 Å². The summed E-state index contributed by atoms with van der Waals surface area (Å²) in [5.41, 5.74) is 2.16. The summed E-state index contributed by atoms with van der Waals surface area (Å²) in [6, 6.07) is 22.4. The van der Waals surface area contributed by atoms with Gasteiger partial charge in [-0.3, -0.25) is 9.36 Å². The lowest BCUT2D eigenvalue weighted by atomic mass is 10.1. The monoisotopic (exact) mass is 597 g/mol. The summed E-state index contributed by atoms with van der Waals surface area (Å²) in [6.45, 7) is 0. The topological polar surface area (TPSA) is 77.1 Å². The van der Waals surface area contributed by atoms with Crippen LogP contribution in [0.4, 0.5) is 10.1 Å². The summed E-state index contributed by atoms with van der Waals surface area (Å²) in [5, 5.41) is 4.08. The van der Waals surface area contributed by atoms with E-state index in [-0.39, 0.29) is 17.5 Å². The first-order valence-electron chi connectivity index (χ1n) is 10.5. The Kier molecular flexibility index (Phi) is 6.69. The average Bonchev–Trinajstić information content (AvgIpc) is 3.28. The summed E-state index contributed by atoms with van der Waals surface area (Å²) < 4.78 is 21.5. The Morgan fingerprint density at radius 3 is 2.57 bits per heavy atom. The van der Waals surface area contributed by atoms with E-state index in [9.17, 15) is 14.0 Å². The van der Waals surface area contributed by atoms with Gasteiger partial charge in [0, 0.05) is 26.5 Å². The minimum atomic E-state index is -0.485. The number of anilines is 1. The normalized spacial score (nSPS) is 11.0. The van der Waals surface area contributed by atoms with Crippen LogP contribution < -0.4 is 10.9 Å². The number of nitrogens with zero attached hydrogens (tertiary/aromatic N) is 2. The van der Waals surface area contributed by atoms with Gasteiger partial charge < -0.3 is 9.73 Å². The average molecular weight is 597 g/mol. The van der Waals surface area contributed by atoms with Gasteiger partial charge >= 0.3 is 5.63 Å². The van der Waals surface area contributed by atoms with Crippen LogP contribution in [0.5, 0.6) is 0 Å². The zero-order valence-electron chi connectivity index (χ0n) is 18.1. The quantitative estimate of drug-likeness (QED) is 0.145. The molecule has 0 radical (unpaired) electrons. The molecule has 5 rings (SSSR count). The molecule has 5 aromatic rings. The number of hydrogen-bond donors (Lipinski definition) is 1. The molecule has 9 heteroatoms. The van der Waals surface area contributed by atoms with Crippen molar-refractivity contribution in [3.05, 3.63) is 105 Å². The zero-order valence-corrected chi connectivity index (χ0v) is 21.0. The van der Waals surface area contributed by atoms with Crippen LogP contribution in [0, 0.1) is 9.39 Å². The third-order valence-corrected chi connectivity index (χ3v) is 6.83. The highest BCUT2D eigenvalue weighted by Crippen LogP contribution is 2.28. The number of nitrogens with one attached hydrogen (secondary N) is 1. The van der Waals surface area contributed by atoms with Crippen LogP contribution in [0.2, 0.25) is 0 Å². The molecule has 0 saturated heterocycles. The SMILES string of the molecule is O=C(CSc1nc(-c2cc3ccccc3oc2=O)cn1-c1ccc(I)cc1)Nc1ccc(F)cc1. The lowest BCUT2D eigenvalue weighted by Gasteiger charge is -2.08. The summed E-state index contributed by atoms with van der Waals surface area (Å²) in [4.78, 5) is 29.9. The van der Waals surface area contributed by atoms with E-state index in [1.807, 2.05) is 47.0 Å². The summed E-state index contributed by atoms with van der Waals surface area (Å²) >= 11 is 3.46. The van der Waals surface area contributed by atoms with Gasteiger partial charge in [0.05, 0.1) is 17.0 Å². The molecule has 0 bridgehead atoms. The highest BCUT2D eigenvalue weighted by molar-refractivity contribution is 14.1. The fourth-order valence-corrected chi connectivity index (χ4v) is 4.63. The fraction of sp³-hybridized carbons (Fsp3) is 0.0385. The number of para-hydroxylation sites is 1. The molecule has 0 aliphatic rings.